The number of hydrogen-bond acceptors (Lipinski definition) is 5. The van der Waals surface area contributed by atoms with Gasteiger partial charge in [-0.15, -0.1) is 0 Å². The molecule has 1 aliphatic rings. The lowest BCUT2D eigenvalue weighted by Crippen LogP contribution is -2.43. The number of imidazole rings is 1. The number of aryl methyl sites for hydroxylation is 1. The molecule has 4 rings (SSSR count). The normalized spacial score (nSPS) is 17.2. The number of nitriles is 1. The molecule has 1 aliphatic heterocycles. The molecule has 7 heteroatoms. The zero-order valence-corrected chi connectivity index (χ0v) is 15.3. The van der Waals surface area contributed by atoms with Crippen LogP contribution in [-0.2, 0) is 13.6 Å². The van der Waals surface area contributed by atoms with E-state index in [0.29, 0.717) is 17.8 Å². The van der Waals surface area contributed by atoms with Gasteiger partial charge < -0.3 is 10.6 Å². The average molecular weight is 362 g/mol. The molecule has 0 amide bonds. The molecular formula is C20H22N6O. The molecular weight excluding hydrogens is 340 g/mol. The van der Waals surface area contributed by atoms with Crippen LogP contribution in [-0.4, -0.2) is 33.2 Å². The number of benzene rings is 1. The van der Waals surface area contributed by atoms with Gasteiger partial charge in [0.25, 0.3) is 0 Å². The second-order valence-corrected chi connectivity index (χ2v) is 7.09. The van der Waals surface area contributed by atoms with Crippen LogP contribution in [0.5, 0.6) is 0 Å². The number of hydrogen-bond donors (Lipinski definition) is 1. The second kappa shape index (κ2) is 6.89. The van der Waals surface area contributed by atoms with Crippen molar-refractivity contribution in [1.82, 2.24) is 14.1 Å². The Morgan fingerprint density at radius 1 is 1.30 bits per heavy atom. The van der Waals surface area contributed by atoms with E-state index in [1.165, 1.54) is 0 Å². The predicted molar refractivity (Wildman–Crippen MR) is 105 cm³/mol. The van der Waals surface area contributed by atoms with Gasteiger partial charge in [-0.1, -0.05) is 12.1 Å². The first-order valence-electron chi connectivity index (χ1n) is 9.12. The highest BCUT2D eigenvalue weighted by Crippen LogP contribution is 2.27. The summed E-state index contributed by atoms with van der Waals surface area (Å²) in [5, 5.41) is 8.98. The second-order valence-electron chi connectivity index (χ2n) is 7.09. The maximum absolute atomic E-state index is 12.9. The van der Waals surface area contributed by atoms with Crippen molar-refractivity contribution in [1.29, 1.82) is 5.26 Å². The maximum atomic E-state index is 12.9. The lowest BCUT2D eigenvalue weighted by molar-refractivity contribution is 0.506. The number of piperidine rings is 1. The third kappa shape index (κ3) is 3.09. The van der Waals surface area contributed by atoms with Crippen molar-refractivity contribution in [2.45, 2.75) is 25.4 Å². The third-order valence-corrected chi connectivity index (χ3v) is 5.21. The van der Waals surface area contributed by atoms with Crippen molar-refractivity contribution in [2.75, 3.05) is 18.0 Å². The molecule has 27 heavy (non-hydrogen) atoms. The van der Waals surface area contributed by atoms with Crippen molar-refractivity contribution in [3.8, 4) is 6.07 Å². The first kappa shape index (κ1) is 17.3. The molecule has 2 N–H and O–H groups in total. The highest BCUT2D eigenvalue weighted by molar-refractivity contribution is 5.87. The quantitative estimate of drug-likeness (QED) is 0.764. The lowest BCUT2D eigenvalue weighted by atomic mass is 10.1. The van der Waals surface area contributed by atoms with E-state index >= 15 is 0 Å². The van der Waals surface area contributed by atoms with E-state index in [1.54, 1.807) is 34.5 Å². The minimum absolute atomic E-state index is 0.101. The molecule has 7 nitrogen and oxygen atoms in total. The Morgan fingerprint density at radius 2 is 2.07 bits per heavy atom. The molecule has 138 valence electrons. The minimum Gasteiger partial charge on any atom is -0.368 e. The van der Waals surface area contributed by atoms with Crippen LogP contribution in [0.25, 0.3) is 11.2 Å². The van der Waals surface area contributed by atoms with E-state index in [-0.39, 0.29) is 11.7 Å². The van der Waals surface area contributed by atoms with Crippen LogP contribution in [0.2, 0.25) is 0 Å². The molecule has 3 heterocycles. The Hall–Kier alpha value is -3.11. The van der Waals surface area contributed by atoms with E-state index in [2.05, 4.69) is 16.0 Å². The Bertz CT molecular complexity index is 1070. The van der Waals surface area contributed by atoms with E-state index < -0.39 is 0 Å². The summed E-state index contributed by atoms with van der Waals surface area (Å²) in [5.41, 5.74) is 10.2. The summed E-state index contributed by atoms with van der Waals surface area (Å²) in [6, 6.07) is 11.5. The molecule has 1 fully saturated rings. The Morgan fingerprint density at radius 3 is 2.78 bits per heavy atom. The average Bonchev–Trinajstić information content (AvgIpc) is 2.93. The van der Waals surface area contributed by atoms with Gasteiger partial charge in [-0.3, -0.25) is 9.13 Å². The number of aromatic nitrogens is 3. The van der Waals surface area contributed by atoms with Crippen molar-refractivity contribution in [3.63, 3.8) is 0 Å². The van der Waals surface area contributed by atoms with Gasteiger partial charge in [-0.05, 0) is 36.6 Å². The van der Waals surface area contributed by atoms with Gasteiger partial charge in [0.2, 0.25) is 0 Å². The Labute approximate surface area is 157 Å². The first-order valence-corrected chi connectivity index (χ1v) is 9.12. The topological polar surface area (TPSA) is 92.9 Å². The van der Waals surface area contributed by atoms with Crippen LogP contribution in [0, 0.1) is 11.3 Å². The number of rotatable bonds is 3. The summed E-state index contributed by atoms with van der Waals surface area (Å²) in [6.07, 6.45) is 3.82. The molecule has 0 radical (unpaired) electrons. The number of fused-ring (bicyclic) bond motifs is 1. The number of anilines is 1. The Balaban J connectivity index is 1.83. The summed E-state index contributed by atoms with van der Waals surface area (Å²) in [4.78, 5) is 19.6. The molecule has 0 spiro atoms. The molecule has 0 aliphatic carbocycles. The van der Waals surface area contributed by atoms with E-state index in [0.717, 1.165) is 42.7 Å². The summed E-state index contributed by atoms with van der Waals surface area (Å²) in [7, 11) is 1.75. The monoisotopic (exact) mass is 362 g/mol. The Kier molecular flexibility index (Phi) is 4.42. The first-order chi connectivity index (χ1) is 13.1. The van der Waals surface area contributed by atoms with Gasteiger partial charge in [-0.25, -0.2) is 9.78 Å². The van der Waals surface area contributed by atoms with E-state index in [9.17, 15) is 4.79 Å². The maximum Gasteiger partial charge on any atom is 0.330 e. The predicted octanol–water partition coefficient (Wildman–Crippen LogP) is 1.58. The van der Waals surface area contributed by atoms with Gasteiger partial charge in [0.15, 0.2) is 5.65 Å². The molecule has 2 aromatic heterocycles. The summed E-state index contributed by atoms with van der Waals surface area (Å²) >= 11 is 0. The number of nitrogens with two attached hydrogens (primary N) is 1. The fourth-order valence-electron chi connectivity index (χ4n) is 3.80. The molecule has 1 atom stereocenters. The van der Waals surface area contributed by atoms with Crippen molar-refractivity contribution in [3.05, 3.63) is 58.1 Å². The number of nitrogens with zero attached hydrogens (tertiary/aromatic N) is 5. The van der Waals surface area contributed by atoms with Gasteiger partial charge in [0.1, 0.15) is 5.52 Å². The van der Waals surface area contributed by atoms with Gasteiger partial charge >= 0.3 is 5.69 Å². The number of pyridine rings is 1. The van der Waals surface area contributed by atoms with E-state index in [1.807, 2.05) is 18.2 Å². The lowest BCUT2D eigenvalue weighted by Gasteiger charge is -2.33. The molecule has 1 saturated heterocycles. The van der Waals surface area contributed by atoms with Crippen molar-refractivity contribution < 1.29 is 0 Å². The van der Waals surface area contributed by atoms with Gasteiger partial charge in [0, 0.05) is 32.4 Å². The van der Waals surface area contributed by atoms with Crippen LogP contribution in [0.3, 0.4) is 0 Å². The SMILES string of the molecule is Cn1c(=O)n(Cc2ccc(C#N)cc2)c2c(N3CCC[C@@H](N)C3)ccnc21. The summed E-state index contributed by atoms with van der Waals surface area (Å²) in [6.45, 7) is 2.13. The third-order valence-electron chi connectivity index (χ3n) is 5.21. The molecule has 3 aromatic rings. The fourth-order valence-corrected chi connectivity index (χ4v) is 3.80. The van der Waals surface area contributed by atoms with Crippen LogP contribution in [0.15, 0.2) is 41.3 Å². The largest absolute Gasteiger partial charge is 0.368 e. The van der Waals surface area contributed by atoms with Crippen molar-refractivity contribution in [2.24, 2.45) is 12.8 Å². The summed E-state index contributed by atoms with van der Waals surface area (Å²) in [5.74, 6) is 0. The fraction of sp³-hybridized carbons (Fsp3) is 0.350. The minimum atomic E-state index is -0.101. The van der Waals surface area contributed by atoms with Gasteiger partial charge in [-0.2, -0.15) is 5.26 Å². The molecule has 0 unspecified atom stereocenters. The van der Waals surface area contributed by atoms with Gasteiger partial charge in [0.05, 0.1) is 23.9 Å². The zero-order chi connectivity index (χ0) is 19.0. The standard InChI is InChI=1S/C20H22N6O/c1-24-19-18(17(8-9-23-19)25-10-2-3-16(22)13-25)26(20(24)27)12-15-6-4-14(11-21)5-7-15/h4-9,16H,2-3,10,12-13,22H2,1H3/t16-/m1/s1. The molecule has 0 saturated carbocycles. The van der Waals surface area contributed by atoms with Crippen LogP contribution >= 0.6 is 0 Å². The van der Waals surface area contributed by atoms with Crippen LogP contribution < -0.4 is 16.3 Å². The van der Waals surface area contributed by atoms with Crippen molar-refractivity contribution >= 4 is 16.9 Å². The zero-order valence-electron chi connectivity index (χ0n) is 15.3. The van der Waals surface area contributed by atoms with Crippen LogP contribution in [0.4, 0.5) is 5.69 Å². The summed E-state index contributed by atoms with van der Waals surface area (Å²) < 4.78 is 3.35. The highest BCUT2D eigenvalue weighted by atomic mass is 16.1. The molecule has 0 bridgehead atoms. The molecule has 1 aromatic carbocycles. The smallest absolute Gasteiger partial charge is 0.330 e. The highest BCUT2D eigenvalue weighted by Gasteiger charge is 2.23. The van der Waals surface area contributed by atoms with Crippen LogP contribution in [0.1, 0.15) is 24.0 Å². The van der Waals surface area contributed by atoms with E-state index in [4.69, 9.17) is 11.0 Å².